The van der Waals surface area contributed by atoms with Crippen molar-refractivity contribution in [3.63, 3.8) is 0 Å². The number of aliphatic carboxylic acids is 1. The molecule has 0 radical (unpaired) electrons. The molecule has 0 aromatic heterocycles. The molecule has 0 atom stereocenters. The van der Waals surface area contributed by atoms with Crippen molar-refractivity contribution in [2.45, 2.75) is 13.3 Å². The van der Waals surface area contributed by atoms with E-state index in [-0.39, 0.29) is 6.61 Å². The molecule has 0 aliphatic heterocycles. The first kappa shape index (κ1) is 14.5. The van der Waals surface area contributed by atoms with Gasteiger partial charge in [-0.05, 0) is 30.2 Å². The van der Waals surface area contributed by atoms with E-state index >= 15 is 0 Å². The number of carbonyl (C=O) groups excluding carboxylic acids is 1. The lowest BCUT2D eigenvalue weighted by atomic mass is 10.1. The van der Waals surface area contributed by atoms with Crippen molar-refractivity contribution in [3.05, 3.63) is 28.2 Å². The van der Waals surface area contributed by atoms with Gasteiger partial charge in [0.15, 0.2) is 6.61 Å². The number of amides is 1. The zero-order valence-corrected chi connectivity index (χ0v) is 11.5. The summed E-state index contributed by atoms with van der Waals surface area (Å²) in [6.07, 6.45) is 0.783. The van der Waals surface area contributed by atoms with E-state index in [1.54, 1.807) is 6.07 Å². The first-order chi connectivity index (χ1) is 8.52. The first-order valence-electron chi connectivity index (χ1n) is 5.42. The van der Waals surface area contributed by atoms with Crippen LogP contribution in [0.1, 0.15) is 12.5 Å². The summed E-state index contributed by atoms with van der Waals surface area (Å²) >= 11 is 3.36. The lowest BCUT2D eigenvalue weighted by Gasteiger charge is -2.10. The van der Waals surface area contributed by atoms with Crippen LogP contribution >= 0.6 is 15.9 Å². The Morgan fingerprint density at radius 3 is 2.78 bits per heavy atom. The van der Waals surface area contributed by atoms with E-state index < -0.39 is 18.4 Å². The van der Waals surface area contributed by atoms with Crippen LogP contribution in [0.5, 0.6) is 5.75 Å². The Kier molecular flexibility index (Phi) is 5.64. The van der Waals surface area contributed by atoms with Gasteiger partial charge in [-0.3, -0.25) is 9.59 Å². The van der Waals surface area contributed by atoms with Crippen LogP contribution in [0, 0.1) is 0 Å². The molecule has 18 heavy (non-hydrogen) atoms. The molecule has 0 aliphatic rings. The summed E-state index contributed by atoms with van der Waals surface area (Å²) in [5.41, 5.74) is 0.982. The molecule has 5 nitrogen and oxygen atoms in total. The van der Waals surface area contributed by atoms with Crippen LogP contribution in [-0.2, 0) is 16.0 Å². The maximum Gasteiger partial charge on any atom is 0.322 e. The Morgan fingerprint density at radius 2 is 2.17 bits per heavy atom. The monoisotopic (exact) mass is 315 g/mol. The zero-order chi connectivity index (χ0) is 13.5. The van der Waals surface area contributed by atoms with E-state index in [1.807, 2.05) is 19.1 Å². The van der Waals surface area contributed by atoms with Crippen LogP contribution in [0.2, 0.25) is 0 Å². The predicted octanol–water partition coefficient (Wildman–Crippen LogP) is 1.59. The lowest BCUT2D eigenvalue weighted by molar-refractivity contribution is -0.138. The van der Waals surface area contributed by atoms with Crippen LogP contribution < -0.4 is 10.1 Å². The topological polar surface area (TPSA) is 75.6 Å². The van der Waals surface area contributed by atoms with Crippen LogP contribution in [0.3, 0.4) is 0 Å². The van der Waals surface area contributed by atoms with Gasteiger partial charge in [-0.15, -0.1) is 0 Å². The van der Waals surface area contributed by atoms with Gasteiger partial charge in [0, 0.05) is 4.47 Å². The SMILES string of the molecule is CCc1cc(Br)ccc1OCC(=O)NCC(=O)O. The summed E-state index contributed by atoms with van der Waals surface area (Å²) < 4.78 is 6.30. The van der Waals surface area contributed by atoms with E-state index in [2.05, 4.69) is 21.2 Å². The molecule has 2 N–H and O–H groups in total. The summed E-state index contributed by atoms with van der Waals surface area (Å²) in [5, 5.41) is 10.6. The average molecular weight is 316 g/mol. The molecule has 0 saturated carbocycles. The lowest BCUT2D eigenvalue weighted by Crippen LogP contribution is -2.33. The van der Waals surface area contributed by atoms with Crippen molar-refractivity contribution in [1.82, 2.24) is 5.32 Å². The van der Waals surface area contributed by atoms with E-state index in [0.29, 0.717) is 5.75 Å². The number of nitrogens with one attached hydrogen (secondary N) is 1. The summed E-state index contributed by atoms with van der Waals surface area (Å²) in [6, 6.07) is 5.52. The third-order valence-electron chi connectivity index (χ3n) is 2.20. The Hall–Kier alpha value is -1.56. The van der Waals surface area contributed by atoms with Crippen molar-refractivity contribution in [3.8, 4) is 5.75 Å². The third kappa shape index (κ3) is 4.75. The maximum absolute atomic E-state index is 11.3. The van der Waals surface area contributed by atoms with Gasteiger partial charge < -0.3 is 15.2 Å². The highest BCUT2D eigenvalue weighted by molar-refractivity contribution is 9.10. The molecule has 98 valence electrons. The van der Waals surface area contributed by atoms with Gasteiger partial charge in [-0.25, -0.2) is 0 Å². The summed E-state index contributed by atoms with van der Waals surface area (Å²) in [5.74, 6) is -0.908. The van der Waals surface area contributed by atoms with E-state index in [4.69, 9.17) is 9.84 Å². The van der Waals surface area contributed by atoms with Crippen LogP contribution in [0.25, 0.3) is 0 Å². The molecule has 0 bridgehead atoms. The predicted molar refractivity (Wildman–Crippen MR) is 69.7 cm³/mol. The molecule has 0 spiro atoms. The molecular weight excluding hydrogens is 302 g/mol. The van der Waals surface area contributed by atoms with Gasteiger partial charge in [-0.1, -0.05) is 22.9 Å². The summed E-state index contributed by atoms with van der Waals surface area (Å²) in [6.45, 7) is 1.39. The number of carboxylic acids is 1. The Labute approximate surface area is 113 Å². The van der Waals surface area contributed by atoms with Crippen LogP contribution in [0.4, 0.5) is 0 Å². The Bertz CT molecular complexity index is 448. The van der Waals surface area contributed by atoms with Gasteiger partial charge in [0.05, 0.1) is 0 Å². The smallest absolute Gasteiger partial charge is 0.322 e. The molecule has 1 aromatic carbocycles. The van der Waals surface area contributed by atoms with E-state index in [1.165, 1.54) is 0 Å². The van der Waals surface area contributed by atoms with Crippen molar-refractivity contribution in [2.24, 2.45) is 0 Å². The zero-order valence-electron chi connectivity index (χ0n) is 9.90. The van der Waals surface area contributed by atoms with E-state index in [0.717, 1.165) is 16.5 Å². The minimum absolute atomic E-state index is 0.193. The number of aryl methyl sites for hydroxylation is 1. The largest absolute Gasteiger partial charge is 0.483 e. The molecule has 6 heteroatoms. The average Bonchev–Trinajstić information content (AvgIpc) is 2.34. The molecule has 0 heterocycles. The van der Waals surface area contributed by atoms with Crippen LogP contribution in [0.15, 0.2) is 22.7 Å². The highest BCUT2D eigenvalue weighted by Crippen LogP contribution is 2.23. The standard InChI is InChI=1S/C12H14BrNO4/c1-2-8-5-9(13)3-4-10(8)18-7-11(15)14-6-12(16)17/h3-5H,2,6-7H2,1H3,(H,14,15)(H,16,17). The minimum atomic E-state index is -1.08. The Morgan fingerprint density at radius 1 is 1.44 bits per heavy atom. The fourth-order valence-corrected chi connectivity index (χ4v) is 1.74. The minimum Gasteiger partial charge on any atom is -0.483 e. The summed E-state index contributed by atoms with van der Waals surface area (Å²) in [7, 11) is 0. The van der Waals surface area contributed by atoms with Gasteiger partial charge in [0.1, 0.15) is 12.3 Å². The van der Waals surface area contributed by atoms with E-state index in [9.17, 15) is 9.59 Å². The second kappa shape index (κ2) is 7.00. The van der Waals surface area contributed by atoms with Crippen molar-refractivity contribution >= 4 is 27.8 Å². The molecule has 0 unspecified atom stereocenters. The van der Waals surface area contributed by atoms with Crippen molar-refractivity contribution < 1.29 is 19.4 Å². The highest BCUT2D eigenvalue weighted by Gasteiger charge is 2.07. The molecular formula is C12H14BrNO4. The van der Waals surface area contributed by atoms with Gasteiger partial charge in [-0.2, -0.15) is 0 Å². The quantitative estimate of drug-likeness (QED) is 0.836. The second-order valence-corrected chi connectivity index (χ2v) is 4.48. The number of carbonyl (C=O) groups is 2. The first-order valence-corrected chi connectivity index (χ1v) is 6.22. The number of benzene rings is 1. The molecule has 0 fully saturated rings. The summed E-state index contributed by atoms with van der Waals surface area (Å²) in [4.78, 5) is 21.5. The number of carboxylic acid groups (broad SMARTS) is 1. The van der Waals surface area contributed by atoms with Gasteiger partial charge in [0.25, 0.3) is 5.91 Å². The number of ether oxygens (including phenoxy) is 1. The fourth-order valence-electron chi connectivity index (χ4n) is 1.33. The number of hydrogen-bond donors (Lipinski definition) is 2. The molecule has 1 aromatic rings. The van der Waals surface area contributed by atoms with Crippen LogP contribution in [-0.4, -0.2) is 30.1 Å². The number of hydrogen-bond acceptors (Lipinski definition) is 3. The van der Waals surface area contributed by atoms with Gasteiger partial charge in [0.2, 0.25) is 0 Å². The fraction of sp³-hybridized carbons (Fsp3) is 0.333. The number of halogens is 1. The normalized spacial score (nSPS) is 9.89. The van der Waals surface area contributed by atoms with Crippen molar-refractivity contribution in [1.29, 1.82) is 0 Å². The third-order valence-corrected chi connectivity index (χ3v) is 2.69. The number of rotatable bonds is 6. The molecule has 0 aliphatic carbocycles. The Balaban J connectivity index is 2.52. The molecule has 1 amide bonds. The van der Waals surface area contributed by atoms with Crippen molar-refractivity contribution in [2.75, 3.05) is 13.2 Å². The highest BCUT2D eigenvalue weighted by atomic mass is 79.9. The molecule has 0 saturated heterocycles. The van der Waals surface area contributed by atoms with Gasteiger partial charge >= 0.3 is 5.97 Å². The second-order valence-electron chi connectivity index (χ2n) is 3.56. The molecule has 1 rings (SSSR count). The maximum atomic E-state index is 11.3.